The zero-order valence-electron chi connectivity index (χ0n) is 12.4. The van der Waals surface area contributed by atoms with Crippen LogP contribution >= 0.6 is 43.6 Å². The molecule has 2 fully saturated rings. The zero-order valence-corrected chi connectivity index (χ0v) is 17.2. The van der Waals surface area contributed by atoms with E-state index in [1.165, 1.54) is 16.1 Å². The Morgan fingerprint density at radius 1 is 1.35 bits per heavy atom. The first-order chi connectivity index (χ1) is 10.8. The standard InChI is InChI=1S/C14H16Br2N2O3S2/c1-17(10-3-4-10)14(19)12-7-22-8-18(12)23(20,21)13-6-9(15)2-5-11(13)16/h2,5-6,10,12H,3-4,7-8H2,1H3. The van der Waals surface area contributed by atoms with Gasteiger partial charge in [-0.1, -0.05) is 15.9 Å². The molecule has 0 radical (unpaired) electrons. The van der Waals surface area contributed by atoms with Crippen LogP contribution < -0.4 is 0 Å². The molecule has 23 heavy (non-hydrogen) atoms. The van der Waals surface area contributed by atoms with Gasteiger partial charge in [0.25, 0.3) is 0 Å². The number of amides is 1. The lowest BCUT2D eigenvalue weighted by Gasteiger charge is -2.27. The predicted molar refractivity (Wildman–Crippen MR) is 97.8 cm³/mol. The molecule has 1 saturated heterocycles. The molecule has 0 N–H and O–H groups in total. The van der Waals surface area contributed by atoms with Crippen LogP contribution in [0.2, 0.25) is 0 Å². The monoisotopic (exact) mass is 482 g/mol. The number of hydrogen-bond donors (Lipinski definition) is 0. The molecular weight excluding hydrogens is 468 g/mol. The summed E-state index contributed by atoms with van der Waals surface area (Å²) in [6.45, 7) is 0. The van der Waals surface area contributed by atoms with Crippen molar-refractivity contribution in [1.82, 2.24) is 9.21 Å². The van der Waals surface area contributed by atoms with Crippen molar-refractivity contribution in [1.29, 1.82) is 0 Å². The number of carbonyl (C=O) groups excluding carboxylic acids is 1. The Morgan fingerprint density at radius 2 is 2.04 bits per heavy atom. The third-order valence-electron chi connectivity index (χ3n) is 4.05. The van der Waals surface area contributed by atoms with Gasteiger partial charge in [-0.05, 0) is 47.0 Å². The molecule has 3 rings (SSSR count). The summed E-state index contributed by atoms with van der Waals surface area (Å²) < 4.78 is 28.6. The van der Waals surface area contributed by atoms with Crippen LogP contribution in [-0.4, -0.2) is 54.3 Å². The largest absolute Gasteiger partial charge is 0.341 e. The van der Waals surface area contributed by atoms with Crippen LogP contribution in [0.15, 0.2) is 32.0 Å². The minimum Gasteiger partial charge on any atom is -0.341 e. The van der Waals surface area contributed by atoms with Crippen LogP contribution in [0.1, 0.15) is 12.8 Å². The first-order valence-electron chi connectivity index (χ1n) is 7.13. The SMILES string of the molecule is CN(C(=O)C1CSCN1S(=O)(=O)c1cc(Br)ccc1Br)C1CC1. The van der Waals surface area contributed by atoms with E-state index in [0.29, 0.717) is 20.6 Å². The third kappa shape index (κ3) is 3.49. The van der Waals surface area contributed by atoms with Gasteiger partial charge in [0, 0.05) is 27.8 Å². The van der Waals surface area contributed by atoms with E-state index in [9.17, 15) is 13.2 Å². The number of carbonyl (C=O) groups is 1. The van der Waals surface area contributed by atoms with Crippen LogP contribution in [0, 0.1) is 0 Å². The fourth-order valence-electron chi connectivity index (χ4n) is 2.54. The molecule has 1 saturated carbocycles. The third-order valence-corrected chi connectivity index (χ3v) is 8.57. The molecule has 0 aromatic heterocycles. The molecule has 1 aliphatic carbocycles. The Morgan fingerprint density at radius 3 is 2.70 bits per heavy atom. The topological polar surface area (TPSA) is 57.7 Å². The van der Waals surface area contributed by atoms with Gasteiger partial charge in [0.1, 0.15) is 6.04 Å². The Bertz CT molecular complexity index is 738. The van der Waals surface area contributed by atoms with E-state index >= 15 is 0 Å². The fourth-order valence-corrected chi connectivity index (χ4v) is 7.14. The molecule has 1 heterocycles. The molecule has 5 nitrogen and oxygen atoms in total. The van der Waals surface area contributed by atoms with Gasteiger partial charge >= 0.3 is 0 Å². The number of hydrogen-bond acceptors (Lipinski definition) is 4. The van der Waals surface area contributed by atoms with Gasteiger partial charge in [0.15, 0.2) is 0 Å². The lowest BCUT2D eigenvalue weighted by Crippen LogP contribution is -2.48. The lowest BCUT2D eigenvalue weighted by molar-refractivity contribution is -0.133. The average molecular weight is 484 g/mol. The van der Waals surface area contributed by atoms with Crippen molar-refractivity contribution in [2.75, 3.05) is 18.7 Å². The highest BCUT2D eigenvalue weighted by atomic mass is 79.9. The van der Waals surface area contributed by atoms with Crippen molar-refractivity contribution in [3.63, 3.8) is 0 Å². The average Bonchev–Trinajstić information content (AvgIpc) is 3.24. The number of benzene rings is 1. The second-order valence-corrected chi connectivity index (χ2v) is 10.3. The first-order valence-corrected chi connectivity index (χ1v) is 11.3. The Kier molecular flexibility index (Phi) is 5.14. The summed E-state index contributed by atoms with van der Waals surface area (Å²) in [5, 5.41) is 0. The minimum atomic E-state index is -3.74. The van der Waals surface area contributed by atoms with Crippen LogP contribution in [0.25, 0.3) is 0 Å². The quantitative estimate of drug-likeness (QED) is 0.660. The molecule has 1 unspecified atom stereocenters. The van der Waals surface area contributed by atoms with E-state index in [4.69, 9.17) is 0 Å². The highest BCUT2D eigenvalue weighted by molar-refractivity contribution is 9.11. The summed E-state index contributed by atoms with van der Waals surface area (Å²) in [5.41, 5.74) is 0. The number of sulfonamides is 1. The van der Waals surface area contributed by atoms with Crippen LogP contribution in [0.5, 0.6) is 0 Å². The molecule has 0 spiro atoms. The molecule has 1 atom stereocenters. The normalized spacial score (nSPS) is 22.3. The highest BCUT2D eigenvalue weighted by Gasteiger charge is 2.44. The summed E-state index contributed by atoms with van der Waals surface area (Å²) in [7, 11) is -1.97. The van der Waals surface area contributed by atoms with Gasteiger partial charge in [-0.25, -0.2) is 8.42 Å². The first kappa shape index (κ1) is 17.7. The van der Waals surface area contributed by atoms with E-state index in [-0.39, 0.29) is 16.8 Å². The predicted octanol–water partition coefficient (Wildman–Crippen LogP) is 2.90. The number of thioether (sulfide) groups is 1. The van der Waals surface area contributed by atoms with E-state index in [1.54, 1.807) is 30.1 Å². The molecule has 1 aliphatic heterocycles. The molecule has 9 heteroatoms. The molecule has 1 aromatic rings. The number of likely N-dealkylation sites (N-methyl/N-ethyl adjacent to an activating group) is 1. The van der Waals surface area contributed by atoms with E-state index < -0.39 is 16.1 Å². The van der Waals surface area contributed by atoms with Crippen molar-refractivity contribution < 1.29 is 13.2 Å². The molecule has 0 bridgehead atoms. The van der Waals surface area contributed by atoms with E-state index in [2.05, 4.69) is 31.9 Å². The fraction of sp³-hybridized carbons (Fsp3) is 0.500. The van der Waals surface area contributed by atoms with E-state index in [0.717, 1.165) is 12.8 Å². The summed E-state index contributed by atoms with van der Waals surface area (Å²) in [6.07, 6.45) is 2.01. The summed E-state index contributed by atoms with van der Waals surface area (Å²) >= 11 is 8.08. The number of halogens is 2. The van der Waals surface area contributed by atoms with Gasteiger partial charge in [-0.15, -0.1) is 11.8 Å². The summed E-state index contributed by atoms with van der Waals surface area (Å²) in [5.74, 6) is 0.698. The maximum atomic E-state index is 13.0. The number of rotatable bonds is 4. The van der Waals surface area contributed by atoms with Crippen molar-refractivity contribution >= 4 is 59.6 Å². The van der Waals surface area contributed by atoms with Gasteiger partial charge in [-0.3, -0.25) is 4.79 Å². The minimum absolute atomic E-state index is 0.104. The number of nitrogens with zero attached hydrogens (tertiary/aromatic N) is 2. The van der Waals surface area contributed by atoms with Crippen LogP contribution in [0.4, 0.5) is 0 Å². The second-order valence-electron chi connectivity index (χ2n) is 5.66. The van der Waals surface area contributed by atoms with Crippen molar-refractivity contribution in [3.8, 4) is 0 Å². The molecule has 2 aliphatic rings. The summed E-state index contributed by atoms with van der Waals surface area (Å²) in [4.78, 5) is 14.5. The van der Waals surface area contributed by atoms with Gasteiger partial charge in [0.05, 0.1) is 10.8 Å². The zero-order chi connectivity index (χ0) is 16.8. The van der Waals surface area contributed by atoms with Crippen molar-refractivity contribution in [3.05, 3.63) is 27.1 Å². The molecule has 1 aromatic carbocycles. The highest BCUT2D eigenvalue weighted by Crippen LogP contribution is 2.35. The van der Waals surface area contributed by atoms with Crippen molar-refractivity contribution in [2.45, 2.75) is 29.8 Å². The Balaban J connectivity index is 1.91. The second kappa shape index (κ2) is 6.67. The van der Waals surface area contributed by atoms with E-state index in [1.807, 2.05) is 0 Å². The lowest BCUT2D eigenvalue weighted by atomic mass is 10.3. The molecule has 1 amide bonds. The smallest absolute Gasteiger partial charge is 0.245 e. The van der Waals surface area contributed by atoms with Gasteiger partial charge < -0.3 is 4.90 Å². The van der Waals surface area contributed by atoms with Gasteiger partial charge in [-0.2, -0.15) is 4.31 Å². The Labute approximate surface area is 157 Å². The maximum Gasteiger partial charge on any atom is 0.245 e. The van der Waals surface area contributed by atoms with Gasteiger partial charge in [0.2, 0.25) is 15.9 Å². The van der Waals surface area contributed by atoms with Crippen molar-refractivity contribution in [2.24, 2.45) is 0 Å². The molecular formula is C14H16Br2N2O3S2. The Hall–Kier alpha value is -0.0900. The maximum absolute atomic E-state index is 13.0. The summed E-state index contributed by atoms with van der Waals surface area (Å²) in [6, 6.07) is 4.67. The van der Waals surface area contributed by atoms with Crippen LogP contribution in [0.3, 0.4) is 0 Å². The van der Waals surface area contributed by atoms with Crippen LogP contribution in [-0.2, 0) is 14.8 Å². The molecule has 126 valence electrons.